The first-order valence-electron chi connectivity index (χ1n) is 12.9. The van der Waals surface area contributed by atoms with Crippen molar-refractivity contribution in [3.05, 3.63) is 108 Å². The summed E-state index contributed by atoms with van der Waals surface area (Å²) in [6, 6.07) is 19.7. The Morgan fingerprint density at radius 2 is 1.78 bits per heavy atom. The standard InChI is InChI=1S/C30H30FN3O2S/c1-21-5-12-26(13-6-21)37(35,36)27-14-7-22-16-29-28(33-20-34(29)25-10-8-23(31)9-11-25)19-30(22,18-27)17-24-4-2-3-15-32-24/h2-6,8-13,15,20,22,27H,7,14,16-19H2,1H3/t22?,27-,30-/m0/s1. The second-order valence-electron chi connectivity index (χ2n) is 10.7. The van der Waals surface area contributed by atoms with Crippen LogP contribution in [0.1, 0.15) is 41.9 Å². The quantitative estimate of drug-likeness (QED) is 0.343. The van der Waals surface area contributed by atoms with Crippen LogP contribution in [0.3, 0.4) is 0 Å². The Morgan fingerprint density at radius 1 is 1.00 bits per heavy atom. The van der Waals surface area contributed by atoms with Crippen LogP contribution in [0.4, 0.5) is 4.39 Å². The molecular weight excluding hydrogens is 485 g/mol. The molecule has 1 saturated carbocycles. The lowest BCUT2D eigenvalue weighted by Crippen LogP contribution is -2.48. The third kappa shape index (κ3) is 4.39. The molecule has 5 nitrogen and oxygen atoms in total. The monoisotopic (exact) mass is 515 g/mol. The minimum Gasteiger partial charge on any atom is -0.303 e. The summed E-state index contributed by atoms with van der Waals surface area (Å²) in [6.45, 7) is 1.97. The van der Waals surface area contributed by atoms with E-state index in [0.29, 0.717) is 30.1 Å². The van der Waals surface area contributed by atoms with Crippen LogP contribution in [0.5, 0.6) is 0 Å². The number of rotatable bonds is 5. The summed E-state index contributed by atoms with van der Waals surface area (Å²) < 4.78 is 43.1. The first-order valence-corrected chi connectivity index (χ1v) is 14.4. The Bertz CT molecular complexity index is 1520. The Kier molecular flexibility index (Phi) is 5.98. The highest BCUT2D eigenvalue weighted by Gasteiger charge is 2.51. The molecule has 0 bridgehead atoms. The highest BCUT2D eigenvalue weighted by Crippen LogP contribution is 2.52. The molecule has 0 amide bonds. The number of benzene rings is 2. The van der Waals surface area contributed by atoms with Crippen LogP contribution >= 0.6 is 0 Å². The van der Waals surface area contributed by atoms with E-state index in [1.807, 2.05) is 49.8 Å². The molecule has 0 aliphatic heterocycles. The van der Waals surface area contributed by atoms with Gasteiger partial charge in [-0.15, -0.1) is 0 Å². The molecule has 0 radical (unpaired) electrons. The second kappa shape index (κ2) is 9.21. The molecule has 2 aliphatic carbocycles. The van der Waals surface area contributed by atoms with Crippen molar-refractivity contribution in [2.75, 3.05) is 0 Å². The van der Waals surface area contributed by atoms with Crippen molar-refractivity contribution in [2.45, 2.75) is 55.6 Å². The van der Waals surface area contributed by atoms with Gasteiger partial charge in [-0.05, 0) is 105 Å². The zero-order chi connectivity index (χ0) is 25.6. The van der Waals surface area contributed by atoms with Crippen LogP contribution in [0.15, 0.2) is 84.1 Å². The van der Waals surface area contributed by atoms with Gasteiger partial charge in [0.25, 0.3) is 0 Å². The highest BCUT2D eigenvalue weighted by molar-refractivity contribution is 7.92. The van der Waals surface area contributed by atoms with Crippen LogP contribution in [-0.2, 0) is 29.1 Å². The fourth-order valence-electron chi connectivity index (χ4n) is 6.44. The normalized spacial score (nSPS) is 23.3. The predicted molar refractivity (Wildman–Crippen MR) is 141 cm³/mol. The topological polar surface area (TPSA) is 64.8 Å². The lowest BCUT2D eigenvalue weighted by molar-refractivity contribution is 0.0801. The van der Waals surface area contributed by atoms with E-state index >= 15 is 0 Å². The summed E-state index contributed by atoms with van der Waals surface area (Å²) >= 11 is 0. The molecule has 7 heteroatoms. The van der Waals surface area contributed by atoms with E-state index < -0.39 is 15.1 Å². The first-order chi connectivity index (χ1) is 17.8. The molecule has 1 fully saturated rings. The van der Waals surface area contributed by atoms with Crippen molar-refractivity contribution < 1.29 is 12.8 Å². The second-order valence-corrected chi connectivity index (χ2v) is 12.9. The molecule has 190 valence electrons. The van der Waals surface area contributed by atoms with E-state index in [1.54, 1.807) is 24.3 Å². The summed E-state index contributed by atoms with van der Waals surface area (Å²) in [4.78, 5) is 9.82. The number of sulfone groups is 1. The molecule has 37 heavy (non-hydrogen) atoms. The van der Waals surface area contributed by atoms with Crippen LogP contribution in [-0.4, -0.2) is 28.2 Å². The lowest BCUT2D eigenvalue weighted by Gasteiger charge is -2.49. The molecule has 0 N–H and O–H groups in total. The Labute approximate surface area is 217 Å². The number of hydrogen-bond donors (Lipinski definition) is 0. The zero-order valence-corrected chi connectivity index (χ0v) is 21.7. The van der Waals surface area contributed by atoms with Gasteiger partial charge in [0.05, 0.1) is 22.2 Å². The molecule has 3 atom stereocenters. The summed E-state index contributed by atoms with van der Waals surface area (Å²) in [5.41, 5.74) is 4.83. The maximum absolute atomic E-state index is 13.8. The molecule has 2 heterocycles. The highest BCUT2D eigenvalue weighted by atomic mass is 32.2. The molecule has 4 aromatic rings. The van der Waals surface area contributed by atoms with E-state index in [1.165, 1.54) is 12.1 Å². The molecule has 2 aromatic heterocycles. The van der Waals surface area contributed by atoms with Crippen molar-refractivity contribution in [1.82, 2.24) is 14.5 Å². The largest absolute Gasteiger partial charge is 0.303 e. The van der Waals surface area contributed by atoms with Gasteiger partial charge in [-0.3, -0.25) is 4.98 Å². The summed E-state index contributed by atoms with van der Waals surface area (Å²) in [7, 11) is -3.46. The van der Waals surface area contributed by atoms with E-state index in [0.717, 1.165) is 47.6 Å². The van der Waals surface area contributed by atoms with Gasteiger partial charge in [0.1, 0.15) is 5.82 Å². The number of halogens is 1. The van der Waals surface area contributed by atoms with Crippen LogP contribution < -0.4 is 0 Å². The van der Waals surface area contributed by atoms with Gasteiger partial charge in [-0.1, -0.05) is 23.8 Å². The number of nitrogens with zero attached hydrogens (tertiary/aromatic N) is 3. The van der Waals surface area contributed by atoms with Crippen LogP contribution in [0.2, 0.25) is 0 Å². The van der Waals surface area contributed by atoms with Gasteiger partial charge in [-0.2, -0.15) is 0 Å². The average molecular weight is 516 g/mol. The predicted octanol–water partition coefficient (Wildman–Crippen LogP) is 5.69. The number of pyridine rings is 1. The number of fused-ring (bicyclic) bond motifs is 2. The van der Waals surface area contributed by atoms with Gasteiger partial charge in [-0.25, -0.2) is 17.8 Å². The SMILES string of the molecule is Cc1ccc(S(=O)(=O)[C@H]2CCC3Cc4c(ncn4-c4ccc(F)cc4)C[C@]3(Cc3ccccn3)C2)cc1. The average Bonchev–Trinajstić information content (AvgIpc) is 3.30. The number of imidazole rings is 1. The van der Waals surface area contributed by atoms with Crippen molar-refractivity contribution in [3.8, 4) is 5.69 Å². The molecule has 0 spiro atoms. The third-order valence-electron chi connectivity index (χ3n) is 8.40. The van der Waals surface area contributed by atoms with Gasteiger partial charge in [0.2, 0.25) is 0 Å². The Morgan fingerprint density at radius 3 is 2.51 bits per heavy atom. The fourth-order valence-corrected chi connectivity index (χ4v) is 8.34. The smallest absolute Gasteiger partial charge is 0.181 e. The molecule has 2 aromatic carbocycles. The minimum atomic E-state index is -3.46. The summed E-state index contributed by atoms with van der Waals surface area (Å²) in [5.74, 6) is 0.0441. The molecular formula is C30H30FN3O2S. The molecule has 6 rings (SSSR count). The Balaban J connectivity index is 1.38. The van der Waals surface area contributed by atoms with Crippen molar-refractivity contribution in [3.63, 3.8) is 0 Å². The first kappa shape index (κ1) is 24.0. The number of aromatic nitrogens is 3. The van der Waals surface area contributed by atoms with Crippen LogP contribution in [0.25, 0.3) is 5.69 Å². The minimum absolute atomic E-state index is 0.246. The lowest BCUT2D eigenvalue weighted by atomic mass is 9.57. The van der Waals surface area contributed by atoms with Crippen LogP contribution in [0, 0.1) is 24.1 Å². The van der Waals surface area contributed by atoms with E-state index in [2.05, 4.69) is 9.55 Å². The fraction of sp³-hybridized carbons (Fsp3) is 0.333. The van der Waals surface area contributed by atoms with Crippen molar-refractivity contribution in [2.24, 2.45) is 11.3 Å². The number of aryl methyl sites for hydroxylation is 1. The summed E-state index contributed by atoms with van der Waals surface area (Å²) in [5, 5.41) is -0.434. The zero-order valence-electron chi connectivity index (χ0n) is 20.8. The van der Waals surface area contributed by atoms with Gasteiger partial charge in [0, 0.05) is 23.3 Å². The maximum Gasteiger partial charge on any atom is 0.181 e. The van der Waals surface area contributed by atoms with Crippen molar-refractivity contribution >= 4 is 9.84 Å². The summed E-state index contributed by atoms with van der Waals surface area (Å²) in [6.07, 6.45) is 7.94. The molecule has 0 saturated heterocycles. The van der Waals surface area contributed by atoms with Crippen molar-refractivity contribution in [1.29, 1.82) is 0 Å². The maximum atomic E-state index is 13.8. The third-order valence-corrected chi connectivity index (χ3v) is 10.6. The Hall–Kier alpha value is -3.32. The van der Waals surface area contributed by atoms with E-state index in [9.17, 15) is 12.8 Å². The number of hydrogen-bond acceptors (Lipinski definition) is 4. The van der Waals surface area contributed by atoms with E-state index in [-0.39, 0.29) is 11.2 Å². The van der Waals surface area contributed by atoms with Gasteiger partial charge < -0.3 is 4.57 Å². The van der Waals surface area contributed by atoms with E-state index in [4.69, 9.17) is 4.98 Å². The molecule has 2 aliphatic rings. The van der Waals surface area contributed by atoms with Gasteiger partial charge in [0.15, 0.2) is 9.84 Å². The molecule has 1 unspecified atom stereocenters. The van der Waals surface area contributed by atoms with Gasteiger partial charge >= 0.3 is 0 Å².